The third kappa shape index (κ3) is 5.51. The van der Waals surface area contributed by atoms with Gasteiger partial charge in [0.2, 0.25) is 11.7 Å². The lowest BCUT2D eigenvalue weighted by atomic mass is 9.73. The lowest BCUT2D eigenvalue weighted by Gasteiger charge is -2.39. The van der Waals surface area contributed by atoms with Crippen LogP contribution in [-0.4, -0.2) is 72.3 Å². The van der Waals surface area contributed by atoms with Crippen LogP contribution in [-0.2, 0) is 27.7 Å². The third-order valence-corrected chi connectivity index (χ3v) is 9.52. The SMILES string of the molecule is CC1CC2(CCN(C(=O)c3ncccc3O)CC2)c2c1n(CC(=O)Nc1ccc(C(F)(F)F)cc1)c1nc(C3=CCOCC3)nn1c2=O. The molecule has 48 heavy (non-hydrogen) atoms. The number of nitrogens with one attached hydrogen (secondary N) is 1. The van der Waals surface area contributed by atoms with Gasteiger partial charge in [0.15, 0.2) is 11.5 Å². The van der Waals surface area contributed by atoms with Crippen molar-refractivity contribution < 1.29 is 32.6 Å². The Hall–Kier alpha value is -5.05. The number of fused-ring (bicyclic) bond motifs is 3. The Labute approximate surface area is 271 Å². The smallest absolute Gasteiger partial charge is 0.416 e. The number of carbonyl (C=O) groups is 2. The number of hydrogen-bond acceptors (Lipinski definition) is 8. The Morgan fingerprint density at radius 1 is 1.15 bits per heavy atom. The van der Waals surface area contributed by atoms with Gasteiger partial charge in [-0.2, -0.15) is 22.7 Å². The predicted molar refractivity (Wildman–Crippen MR) is 166 cm³/mol. The number of anilines is 1. The first-order valence-corrected chi connectivity index (χ1v) is 15.7. The summed E-state index contributed by atoms with van der Waals surface area (Å²) in [5, 5.41) is 17.5. The van der Waals surface area contributed by atoms with Crippen molar-refractivity contribution in [3.8, 4) is 5.75 Å². The largest absolute Gasteiger partial charge is 0.505 e. The van der Waals surface area contributed by atoms with Gasteiger partial charge in [0, 0.05) is 41.6 Å². The van der Waals surface area contributed by atoms with Gasteiger partial charge in [-0.1, -0.05) is 13.0 Å². The molecule has 1 aromatic carbocycles. The summed E-state index contributed by atoms with van der Waals surface area (Å²) >= 11 is 0. The number of halogens is 3. The number of ether oxygens (including phenoxy) is 1. The Bertz CT molecular complexity index is 2010. The lowest BCUT2D eigenvalue weighted by Crippen LogP contribution is -2.46. The molecule has 7 rings (SSSR count). The molecule has 1 atom stereocenters. The van der Waals surface area contributed by atoms with Crippen molar-refractivity contribution in [2.75, 3.05) is 31.6 Å². The first-order chi connectivity index (χ1) is 22.9. The summed E-state index contributed by atoms with van der Waals surface area (Å²) in [6.45, 7) is 3.22. The van der Waals surface area contributed by atoms with Crippen LogP contribution < -0.4 is 10.9 Å². The Morgan fingerprint density at radius 3 is 2.56 bits per heavy atom. The summed E-state index contributed by atoms with van der Waals surface area (Å²) in [7, 11) is 0. The molecule has 4 aromatic rings. The minimum absolute atomic E-state index is 0.0330. The molecule has 1 aliphatic carbocycles. The number of likely N-dealkylation sites (tertiary alicyclic amines) is 1. The van der Waals surface area contributed by atoms with E-state index in [0.717, 1.165) is 17.7 Å². The monoisotopic (exact) mass is 663 g/mol. The highest BCUT2D eigenvalue weighted by atomic mass is 19.4. The van der Waals surface area contributed by atoms with Crippen molar-refractivity contribution >= 4 is 28.9 Å². The van der Waals surface area contributed by atoms with Crippen LogP contribution in [0.15, 0.2) is 53.5 Å². The third-order valence-electron chi connectivity index (χ3n) is 9.52. The van der Waals surface area contributed by atoms with Crippen LogP contribution in [0.5, 0.6) is 5.75 Å². The Balaban J connectivity index is 1.25. The molecule has 15 heteroatoms. The van der Waals surface area contributed by atoms with Crippen LogP contribution in [0.1, 0.15) is 71.7 Å². The number of aromatic nitrogens is 5. The number of hydrogen-bond donors (Lipinski definition) is 2. The zero-order chi connectivity index (χ0) is 33.8. The first kappa shape index (κ1) is 31.5. The van der Waals surface area contributed by atoms with E-state index in [4.69, 9.17) is 9.72 Å². The van der Waals surface area contributed by atoms with E-state index in [0.29, 0.717) is 69.1 Å². The van der Waals surface area contributed by atoms with Crippen molar-refractivity contribution in [1.82, 2.24) is 29.0 Å². The van der Waals surface area contributed by atoms with E-state index in [9.17, 15) is 32.7 Å². The molecule has 2 aliphatic heterocycles. The molecule has 3 aromatic heterocycles. The molecule has 1 unspecified atom stereocenters. The Kier molecular flexibility index (Phi) is 7.81. The normalized spacial score (nSPS) is 19.0. The average molecular weight is 664 g/mol. The summed E-state index contributed by atoms with van der Waals surface area (Å²) in [5.41, 5.74) is 0.370. The van der Waals surface area contributed by atoms with E-state index in [2.05, 4.69) is 15.4 Å². The molecule has 0 radical (unpaired) electrons. The van der Waals surface area contributed by atoms with Gasteiger partial charge in [-0.3, -0.25) is 14.4 Å². The minimum atomic E-state index is -4.51. The van der Waals surface area contributed by atoms with Gasteiger partial charge in [0.25, 0.3) is 11.5 Å². The summed E-state index contributed by atoms with van der Waals surface area (Å²) in [4.78, 5) is 51.4. The predicted octanol–water partition coefficient (Wildman–Crippen LogP) is 4.13. The molecule has 0 bridgehead atoms. The maximum atomic E-state index is 14.3. The topological polar surface area (TPSA) is 144 Å². The fraction of sp³-hybridized carbons (Fsp3) is 0.394. The molecule has 2 amide bonds. The number of rotatable bonds is 5. The zero-order valence-corrected chi connectivity index (χ0v) is 26.0. The van der Waals surface area contributed by atoms with Crippen LogP contribution in [0.2, 0.25) is 0 Å². The molecule has 3 aliphatic rings. The molecule has 2 N–H and O–H groups in total. The summed E-state index contributed by atoms with van der Waals surface area (Å²) in [6.07, 6.45) is 0.864. The average Bonchev–Trinajstić information content (AvgIpc) is 3.64. The van der Waals surface area contributed by atoms with Crippen LogP contribution in [0.3, 0.4) is 0 Å². The fourth-order valence-electron chi connectivity index (χ4n) is 7.28. The molecule has 250 valence electrons. The van der Waals surface area contributed by atoms with Gasteiger partial charge in [0.05, 0.1) is 18.8 Å². The number of pyridine rings is 1. The van der Waals surface area contributed by atoms with Gasteiger partial charge in [-0.15, -0.1) is 5.10 Å². The zero-order valence-electron chi connectivity index (χ0n) is 26.0. The molecule has 1 spiro atoms. The van der Waals surface area contributed by atoms with Crippen LogP contribution in [0.25, 0.3) is 11.4 Å². The molecule has 0 saturated carbocycles. The van der Waals surface area contributed by atoms with E-state index in [1.54, 1.807) is 9.47 Å². The number of alkyl halides is 3. The molecule has 5 heterocycles. The highest BCUT2D eigenvalue weighted by Crippen LogP contribution is 2.50. The van der Waals surface area contributed by atoms with Crippen molar-refractivity contribution in [3.63, 3.8) is 0 Å². The minimum Gasteiger partial charge on any atom is -0.505 e. The maximum absolute atomic E-state index is 14.3. The standard InChI is InChI=1S/C33H32F3N7O5/c1-19-17-32(10-13-41(14-11-32)30(47)26-23(44)3-2-12-37-26)25-27(19)42(18-24(45)38-22-6-4-21(5-7-22)33(34,35)36)31-39-28(40-43(31)29(25)46)20-8-15-48-16-9-20/h2-8,12,19,44H,9-11,13-18H2,1H3,(H,38,45). The van der Waals surface area contributed by atoms with Gasteiger partial charge < -0.3 is 24.6 Å². The Morgan fingerprint density at radius 2 is 1.90 bits per heavy atom. The number of carbonyl (C=O) groups excluding carboxylic acids is 2. The van der Waals surface area contributed by atoms with E-state index >= 15 is 0 Å². The molecule has 1 fully saturated rings. The van der Waals surface area contributed by atoms with Crippen molar-refractivity contribution in [2.45, 2.75) is 56.7 Å². The quantitative estimate of drug-likeness (QED) is 0.325. The van der Waals surface area contributed by atoms with Crippen LogP contribution in [0, 0.1) is 0 Å². The first-order valence-electron chi connectivity index (χ1n) is 15.7. The van der Waals surface area contributed by atoms with Crippen LogP contribution in [0.4, 0.5) is 18.9 Å². The van der Waals surface area contributed by atoms with Crippen molar-refractivity contribution in [1.29, 1.82) is 0 Å². The highest BCUT2D eigenvalue weighted by Gasteiger charge is 2.49. The number of piperidine rings is 1. The second kappa shape index (κ2) is 11.9. The molecular formula is C33H32F3N7O5. The van der Waals surface area contributed by atoms with E-state index < -0.39 is 29.0 Å². The maximum Gasteiger partial charge on any atom is 0.416 e. The molecule has 1 saturated heterocycles. The van der Waals surface area contributed by atoms with Crippen molar-refractivity contribution in [3.05, 3.63) is 87.4 Å². The molecular weight excluding hydrogens is 631 g/mol. The van der Waals surface area contributed by atoms with Gasteiger partial charge in [0.1, 0.15) is 12.3 Å². The summed E-state index contributed by atoms with van der Waals surface area (Å²) in [5.74, 6) is -0.738. The molecule has 12 nitrogen and oxygen atoms in total. The van der Waals surface area contributed by atoms with E-state index in [1.807, 2.05) is 13.0 Å². The highest BCUT2D eigenvalue weighted by molar-refractivity contribution is 5.95. The summed E-state index contributed by atoms with van der Waals surface area (Å²) in [6, 6.07) is 7.13. The van der Waals surface area contributed by atoms with Crippen LogP contribution >= 0.6 is 0 Å². The lowest BCUT2D eigenvalue weighted by molar-refractivity contribution is -0.137. The van der Waals surface area contributed by atoms with Gasteiger partial charge in [-0.05, 0) is 73.6 Å². The van der Waals surface area contributed by atoms with E-state index in [-0.39, 0.29) is 40.9 Å². The van der Waals surface area contributed by atoms with Gasteiger partial charge >= 0.3 is 6.18 Å². The summed E-state index contributed by atoms with van der Waals surface area (Å²) < 4.78 is 47.6. The fourth-order valence-corrected chi connectivity index (χ4v) is 7.28. The van der Waals surface area contributed by atoms with Crippen molar-refractivity contribution in [2.24, 2.45) is 0 Å². The number of aromatic hydroxyl groups is 1. The number of benzene rings is 1. The van der Waals surface area contributed by atoms with Gasteiger partial charge in [-0.25, -0.2) is 4.98 Å². The number of nitrogens with zero attached hydrogens (tertiary/aromatic N) is 6. The number of amides is 2. The second-order valence-electron chi connectivity index (χ2n) is 12.5. The second-order valence-corrected chi connectivity index (χ2v) is 12.5. The van der Waals surface area contributed by atoms with E-state index in [1.165, 1.54) is 35.0 Å².